The molecule has 3 nitrogen and oxygen atoms in total. The van der Waals surface area contributed by atoms with Crippen LogP contribution in [0, 0.1) is 0 Å². The lowest BCUT2D eigenvalue weighted by molar-refractivity contribution is -0.651. The number of hydrogen-bond donors (Lipinski definition) is 1. The summed E-state index contributed by atoms with van der Waals surface area (Å²) >= 11 is 0. The first-order chi connectivity index (χ1) is 17.6. The van der Waals surface area contributed by atoms with Crippen LogP contribution in [-0.4, -0.2) is 11.5 Å². The van der Waals surface area contributed by atoms with Crippen LogP contribution >= 0.6 is 0 Å². The first kappa shape index (κ1) is 32.7. The Kier molecular flexibility index (Phi) is 20.7. The summed E-state index contributed by atoms with van der Waals surface area (Å²) in [5.74, 6) is -0.880. The number of benzene rings is 1. The number of carbonyl (C=O) groups excluding carboxylic acids is 1. The zero-order chi connectivity index (χ0) is 26.2. The quantitative estimate of drug-likeness (QED) is 0.102. The van der Waals surface area contributed by atoms with Crippen molar-refractivity contribution in [3.8, 4) is 0 Å². The van der Waals surface area contributed by atoms with E-state index in [-0.39, 0.29) is 0 Å². The van der Waals surface area contributed by atoms with E-state index in [1.54, 1.807) is 0 Å². The van der Waals surface area contributed by atoms with Gasteiger partial charge >= 0.3 is 0 Å². The summed E-state index contributed by atoms with van der Waals surface area (Å²) in [4.78, 5) is 12.5. The van der Waals surface area contributed by atoms with Crippen molar-refractivity contribution in [1.82, 2.24) is 0 Å². The van der Waals surface area contributed by atoms with E-state index in [0.717, 1.165) is 31.4 Å². The number of nitrogens with two attached hydrogens (primary N) is 1. The SMILES string of the molecule is CCCCCCCCCCCCCC(CCCCCCCCCCCC)([NH2+]c1ccccc1)C(=O)[O-]. The fraction of sp³-hybridized carbons (Fsp3) is 0.788. The molecule has 1 atom stereocenters. The molecular formula is C33H59NO2. The summed E-state index contributed by atoms with van der Waals surface area (Å²) in [6, 6.07) is 10.0. The van der Waals surface area contributed by atoms with Crippen molar-refractivity contribution < 1.29 is 15.2 Å². The summed E-state index contributed by atoms with van der Waals surface area (Å²) in [6.45, 7) is 4.53. The molecule has 1 rings (SSSR count). The summed E-state index contributed by atoms with van der Waals surface area (Å²) < 4.78 is 0. The van der Waals surface area contributed by atoms with Gasteiger partial charge in [-0.25, -0.2) is 0 Å². The second-order valence-electron chi connectivity index (χ2n) is 11.2. The highest BCUT2D eigenvalue weighted by molar-refractivity contribution is 5.74. The minimum atomic E-state index is -0.880. The normalized spacial score (nSPS) is 13.1. The Hall–Kier alpha value is -1.35. The number of aliphatic carboxylic acids is 1. The average Bonchev–Trinajstić information content (AvgIpc) is 2.88. The van der Waals surface area contributed by atoms with Crippen LogP contribution in [0.25, 0.3) is 0 Å². The molecule has 0 heterocycles. The molecule has 1 unspecified atom stereocenters. The second kappa shape index (κ2) is 22.8. The average molecular weight is 502 g/mol. The van der Waals surface area contributed by atoms with E-state index in [1.807, 2.05) is 35.6 Å². The Morgan fingerprint density at radius 1 is 0.583 bits per heavy atom. The predicted octanol–water partition coefficient (Wildman–Crippen LogP) is 8.38. The molecule has 0 amide bonds. The molecule has 208 valence electrons. The predicted molar refractivity (Wildman–Crippen MR) is 153 cm³/mol. The van der Waals surface area contributed by atoms with Gasteiger partial charge in [-0.3, -0.25) is 0 Å². The van der Waals surface area contributed by atoms with E-state index in [9.17, 15) is 9.90 Å². The third kappa shape index (κ3) is 16.4. The maximum atomic E-state index is 12.5. The van der Waals surface area contributed by atoms with Gasteiger partial charge in [0.25, 0.3) is 0 Å². The molecule has 0 aliphatic heterocycles. The third-order valence-corrected chi connectivity index (χ3v) is 7.85. The van der Waals surface area contributed by atoms with Gasteiger partial charge in [0.1, 0.15) is 17.2 Å². The molecular weight excluding hydrogens is 442 g/mol. The van der Waals surface area contributed by atoms with Crippen LogP contribution in [0.5, 0.6) is 0 Å². The fourth-order valence-electron chi connectivity index (χ4n) is 5.43. The minimum Gasteiger partial charge on any atom is -0.544 e. The summed E-state index contributed by atoms with van der Waals surface area (Å²) in [5, 5.41) is 14.5. The Morgan fingerprint density at radius 2 is 0.917 bits per heavy atom. The minimum absolute atomic E-state index is 0.707. The van der Waals surface area contributed by atoms with E-state index in [2.05, 4.69) is 13.8 Å². The molecule has 0 fully saturated rings. The van der Waals surface area contributed by atoms with Crippen LogP contribution in [0.2, 0.25) is 0 Å². The van der Waals surface area contributed by atoms with Crippen molar-refractivity contribution in [3.05, 3.63) is 30.3 Å². The Labute approximate surface area is 224 Å². The number of carboxylic acids is 1. The second-order valence-corrected chi connectivity index (χ2v) is 11.2. The molecule has 3 heteroatoms. The van der Waals surface area contributed by atoms with Crippen LogP contribution in [0.3, 0.4) is 0 Å². The van der Waals surface area contributed by atoms with Crippen LogP contribution in [-0.2, 0) is 4.79 Å². The standard InChI is InChI=1S/C33H59NO2/c1-3-5-7-9-11-13-15-17-19-21-26-30-33(32(35)36,34-31-27-23-22-24-28-31)29-25-20-18-16-14-12-10-8-6-4-2/h22-24,27-28,34H,3-21,25-26,29-30H2,1-2H3,(H,35,36). The number of quaternary nitrogens is 1. The third-order valence-electron chi connectivity index (χ3n) is 7.85. The molecule has 1 aromatic carbocycles. The molecule has 0 bridgehead atoms. The Balaban J connectivity index is 2.39. The van der Waals surface area contributed by atoms with Gasteiger partial charge in [0.2, 0.25) is 0 Å². The summed E-state index contributed by atoms with van der Waals surface area (Å²) in [6.07, 6.45) is 28.2. The van der Waals surface area contributed by atoms with Gasteiger partial charge in [0.15, 0.2) is 0 Å². The van der Waals surface area contributed by atoms with Crippen molar-refractivity contribution in [2.75, 3.05) is 0 Å². The molecule has 0 saturated carbocycles. The Morgan fingerprint density at radius 3 is 1.25 bits per heavy atom. The van der Waals surface area contributed by atoms with Crippen LogP contribution in [0.1, 0.15) is 162 Å². The van der Waals surface area contributed by atoms with E-state index < -0.39 is 11.5 Å². The molecule has 0 aliphatic carbocycles. The smallest absolute Gasteiger partial charge is 0.141 e. The highest BCUT2D eigenvalue weighted by Gasteiger charge is 2.35. The summed E-state index contributed by atoms with van der Waals surface area (Å²) in [5.41, 5.74) is 0.178. The zero-order valence-electron chi connectivity index (χ0n) is 24.0. The van der Waals surface area contributed by atoms with Gasteiger partial charge in [0.05, 0.1) is 0 Å². The van der Waals surface area contributed by atoms with Crippen LogP contribution < -0.4 is 10.4 Å². The lowest BCUT2D eigenvalue weighted by Crippen LogP contribution is -2.96. The number of hydrogen-bond acceptors (Lipinski definition) is 2. The van der Waals surface area contributed by atoms with Crippen molar-refractivity contribution >= 4 is 11.7 Å². The lowest BCUT2D eigenvalue weighted by atomic mass is 9.85. The lowest BCUT2D eigenvalue weighted by Gasteiger charge is -2.32. The maximum absolute atomic E-state index is 12.5. The molecule has 0 radical (unpaired) electrons. The monoisotopic (exact) mass is 501 g/mol. The van der Waals surface area contributed by atoms with Crippen molar-refractivity contribution in [3.63, 3.8) is 0 Å². The van der Waals surface area contributed by atoms with Gasteiger partial charge in [0, 0.05) is 12.8 Å². The zero-order valence-corrected chi connectivity index (χ0v) is 24.0. The molecule has 2 N–H and O–H groups in total. The molecule has 1 aromatic rings. The van der Waals surface area contributed by atoms with Gasteiger partial charge in [-0.15, -0.1) is 0 Å². The number of carboxylic acid groups (broad SMARTS) is 1. The maximum Gasteiger partial charge on any atom is 0.141 e. The molecule has 36 heavy (non-hydrogen) atoms. The van der Waals surface area contributed by atoms with E-state index in [0.29, 0.717) is 12.8 Å². The molecule has 0 aromatic heterocycles. The van der Waals surface area contributed by atoms with Crippen molar-refractivity contribution in [1.29, 1.82) is 0 Å². The molecule has 0 saturated heterocycles. The van der Waals surface area contributed by atoms with Gasteiger partial charge in [-0.1, -0.05) is 154 Å². The molecule has 0 aliphatic rings. The first-order valence-electron chi connectivity index (χ1n) is 15.8. The number of unbranched alkanes of at least 4 members (excludes halogenated alkanes) is 19. The highest BCUT2D eigenvalue weighted by Crippen LogP contribution is 2.22. The van der Waals surface area contributed by atoms with Crippen LogP contribution in [0.15, 0.2) is 30.3 Å². The topological polar surface area (TPSA) is 56.7 Å². The number of rotatable bonds is 26. The highest BCUT2D eigenvalue weighted by atomic mass is 16.4. The Bertz CT molecular complexity index is 617. The summed E-state index contributed by atoms with van der Waals surface area (Å²) in [7, 11) is 0. The molecule has 0 spiro atoms. The van der Waals surface area contributed by atoms with Gasteiger partial charge in [-0.2, -0.15) is 0 Å². The first-order valence-corrected chi connectivity index (χ1v) is 15.8. The van der Waals surface area contributed by atoms with Crippen molar-refractivity contribution in [2.45, 2.75) is 167 Å². The fourth-order valence-corrected chi connectivity index (χ4v) is 5.43. The van der Waals surface area contributed by atoms with Gasteiger partial charge in [-0.05, 0) is 25.0 Å². The van der Waals surface area contributed by atoms with E-state index in [4.69, 9.17) is 0 Å². The van der Waals surface area contributed by atoms with E-state index in [1.165, 1.54) is 109 Å². The van der Waals surface area contributed by atoms with Crippen LogP contribution in [0.4, 0.5) is 5.69 Å². The number of carbonyl (C=O) groups is 1. The number of para-hydroxylation sites is 1. The largest absolute Gasteiger partial charge is 0.544 e. The van der Waals surface area contributed by atoms with Crippen molar-refractivity contribution in [2.24, 2.45) is 0 Å². The van der Waals surface area contributed by atoms with E-state index >= 15 is 0 Å². The van der Waals surface area contributed by atoms with Gasteiger partial charge < -0.3 is 15.2 Å².